The van der Waals surface area contributed by atoms with Crippen LogP contribution in [-0.4, -0.2) is 64.6 Å². The molecule has 120 valence electrons. The average Bonchev–Trinajstić information content (AvgIpc) is 2.77. The van der Waals surface area contributed by atoms with E-state index in [2.05, 4.69) is 44.7 Å². The normalized spacial score (nSPS) is 12.4. The highest BCUT2D eigenvalue weighted by Gasteiger charge is 2.36. The minimum absolute atomic E-state index is 0.106. The van der Waals surface area contributed by atoms with Gasteiger partial charge in [-0.15, -0.1) is 0 Å². The summed E-state index contributed by atoms with van der Waals surface area (Å²) < 4.78 is 2.57. The molecule has 0 amide bonds. The highest BCUT2D eigenvalue weighted by molar-refractivity contribution is 9.10. The summed E-state index contributed by atoms with van der Waals surface area (Å²) in [5.41, 5.74) is 0.121. The van der Waals surface area contributed by atoms with E-state index in [1.165, 1.54) is 0 Å². The Kier molecular flexibility index (Phi) is 6.56. The minimum Gasteiger partial charge on any atom is -0.308 e. The number of halogens is 1. The van der Waals surface area contributed by atoms with E-state index in [1.54, 1.807) is 10.9 Å². The minimum atomic E-state index is -0.540. The zero-order chi connectivity index (χ0) is 16.2. The third-order valence-corrected chi connectivity index (χ3v) is 4.46. The SMILES string of the molecule is CCN(CC)C(C)(C)C(=O)c1c(Br)cnn1CCN(C)C. The van der Waals surface area contributed by atoms with Gasteiger partial charge in [0.1, 0.15) is 5.69 Å². The number of nitrogens with zero attached hydrogens (tertiary/aromatic N) is 4. The predicted octanol–water partition coefficient (Wildman–Crippen LogP) is 2.51. The molecule has 0 bridgehead atoms. The third-order valence-electron chi connectivity index (χ3n) is 3.88. The molecule has 0 N–H and O–H groups in total. The molecule has 1 aromatic heterocycles. The summed E-state index contributed by atoms with van der Waals surface area (Å²) in [5.74, 6) is 0.106. The van der Waals surface area contributed by atoms with E-state index in [1.807, 2.05) is 27.9 Å². The molecule has 0 atom stereocenters. The van der Waals surface area contributed by atoms with Crippen molar-refractivity contribution in [3.63, 3.8) is 0 Å². The van der Waals surface area contributed by atoms with Crippen LogP contribution < -0.4 is 0 Å². The van der Waals surface area contributed by atoms with Crippen LogP contribution in [0.15, 0.2) is 10.7 Å². The first kappa shape index (κ1) is 18.3. The predicted molar refractivity (Wildman–Crippen MR) is 89.8 cm³/mol. The van der Waals surface area contributed by atoms with Crippen molar-refractivity contribution in [3.05, 3.63) is 16.4 Å². The fourth-order valence-corrected chi connectivity index (χ4v) is 2.98. The number of likely N-dealkylation sites (N-methyl/N-ethyl adjacent to an activating group) is 2. The summed E-state index contributed by atoms with van der Waals surface area (Å²) in [4.78, 5) is 17.3. The lowest BCUT2D eigenvalue weighted by Gasteiger charge is -2.35. The smallest absolute Gasteiger partial charge is 0.201 e. The number of hydrogen-bond acceptors (Lipinski definition) is 4. The maximum Gasteiger partial charge on any atom is 0.201 e. The van der Waals surface area contributed by atoms with Crippen LogP contribution in [0, 0.1) is 0 Å². The Bertz CT molecular complexity index is 478. The molecule has 0 fully saturated rings. The Labute approximate surface area is 136 Å². The van der Waals surface area contributed by atoms with Crippen molar-refractivity contribution < 1.29 is 4.79 Å². The molecule has 1 rings (SSSR count). The maximum absolute atomic E-state index is 13.0. The summed E-state index contributed by atoms with van der Waals surface area (Å²) >= 11 is 3.47. The zero-order valence-corrected chi connectivity index (χ0v) is 15.6. The summed E-state index contributed by atoms with van der Waals surface area (Å²) in [7, 11) is 4.03. The van der Waals surface area contributed by atoms with Crippen molar-refractivity contribution in [2.24, 2.45) is 0 Å². The van der Waals surface area contributed by atoms with Gasteiger partial charge in [-0.05, 0) is 57.0 Å². The Hall–Kier alpha value is -0.720. The Morgan fingerprint density at radius 3 is 2.38 bits per heavy atom. The lowest BCUT2D eigenvalue weighted by molar-refractivity contribution is 0.0655. The van der Waals surface area contributed by atoms with Gasteiger partial charge in [0.2, 0.25) is 5.78 Å². The number of carbonyl (C=O) groups excluding carboxylic acids is 1. The summed E-state index contributed by atoms with van der Waals surface area (Å²) in [6.07, 6.45) is 1.71. The van der Waals surface area contributed by atoms with Crippen molar-refractivity contribution in [3.8, 4) is 0 Å². The molecule has 0 saturated heterocycles. The fraction of sp³-hybridized carbons (Fsp3) is 0.733. The van der Waals surface area contributed by atoms with Gasteiger partial charge in [-0.2, -0.15) is 5.10 Å². The summed E-state index contributed by atoms with van der Waals surface area (Å²) in [6.45, 7) is 11.4. The molecule has 5 nitrogen and oxygen atoms in total. The van der Waals surface area contributed by atoms with E-state index in [9.17, 15) is 4.79 Å². The van der Waals surface area contributed by atoms with E-state index in [0.717, 1.165) is 24.1 Å². The van der Waals surface area contributed by atoms with Gasteiger partial charge in [0.05, 0.1) is 22.8 Å². The molecule has 0 saturated carbocycles. The maximum atomic E-state index is 13.0. The van der Waals surface area contributed by atoms with E-state index in [0.29, 0.717) is 12.2 Å². The van der Waals surface area contributed by atoms with Gasteiger partial charge in [-0.3, -0.25) is 14.4 Å². The van der Waals surface area contributed by atoms with Crippen LogP contribution in [0.1, 0.15) is 38.2 Å². The molecule has 1 aromatic rings. The molecular weight excluding hydrogens is 332 g/mol. The second-order valence-electron chi connectivity index (χ2n) is 5.93. The van der Waals surface area contributed by atoms with Crippen LogP contribution >= 0.6 is 15.9 Å². The van der Waals surface area contributed by atoms with Crippen LogP contribution in [0.5, 0.6) is 0 Å². The summed E-state index contributed by atoms with van der Waals surface area (Å²) in [6, 6.07) is 0. The van der Waals surface area contributed by atoms with Crippen LogP contribution in [-0.2, 0) is 6.54 Å². The molecule has 1 heterocycles. The van der Waals surface area contributed by atoms with Gasteiger partial charge in [-0.25, -0.2) is 0 Å². The standard InChI is InChI=1S/C15H27BrN4O/c1-7-19(8-2)15(3,4)14(21)13-12(16)11-17-20(13)10-9-18(5)6/h11H,7-10H2,1-6H3. The quantitative estimate of drug-likeness (QED) is 0.669. The molecule has 0 spiro atoms. The van der Waals surface area contributed by atoms with E-state index < -0.39 is 5.54 Å². The zero-order valence-electron chi connectivity index (χ0n) is 14.0. The molecule has 0 aliphatic carbocycles. The molecule has 0 aliphatic rings. The average molecular weight is 359 g/mol. The molecule has 0 aromatic carbocycles. The number of Topliss-reactive ketones (excluding diaryl/α,β-unsaturated/α-hetero) is 1. The molecule has 0 unspecified atom stereocenters. The number of aromatic nitrogens is 2. The van der Waals surface area contributed by atoms with Gasteiger partial charge < -0.3 is 4.90 Å². The van der Waals surface area contributed by atoms with Gasteiger partial charge in [0.25, 0.3) is 0 Å². The van der Waals surface area contributed by atoms with E-state index >= 15 is 0 Å². The third kappa shape index (κ3) is 4.14. The van der Waals surface area contributed by atoms with Crippen molar-refractivity contribution in [1.29, 1.82) is 0 Å². The fourth-order valence-electron chi connectivity index (χ4n) is 2.50. The Morgan fingerprint density at radius 1 is 1.33 bits per heavy atom. The largest absolute Gasteiger partial charge is 0.308 e. The molecule has 0 aliphatic heterocycles. The van der Waals surface area contributed by atoms with Crippen LogP contribution in [0.3, 0.4) is 0 Å². The molecule has 0 radical (unpaired) electrons. The lowest BCUT2D eigenvalue weighted by atomic mass is 9.94. The number of hydrogen-bond donors (Lipinski definition) is 0. The second-order valence-corrected chi connectivity index (χ2v) is 6.78. The van der Waals surface area contributed by atoms with Crippen LogP contribution in [0.4, 0.5) is 0 Å². The first-order chi connectivity index (χ1) is 9.75. The van der Waals surface area contributed by atoms with Gasteiger partial charge in [-0.1, -0.05) is 13.8 Å². The highest BCUT2D eigenvalue weighted by Crippen LogP contribution is 2.25. The topological polar surface area (TPSA) is 41.4 Å². The van der Waals surface area contributed by atoms with Gasteiger partial charge in [0, 0.05) is 6.54 Å². The second kappa shape index (κ2) is 7.51. The number of rotatable bonds is 8. The molecular formula is C15H27BrN4O. The van der Waals surface area contributed by atoms with Gasteiger partial charge >= 0.3 is 0 Å². The van der Waals surface area contributed by atoms with Crippen molar-refractivity contribution >= 4 is 21.7 Å². The van der Waals surface area contributed by atoms with Crippen LogP contribution in [0.25, 0.3) is 0 Å². The Morgan fingerprint density at radius 2 is 1.90 bits per heavy atom. The van der Waals surface area contributed by atoms with Crippen molar-refractivity contribution in [2.75, 3.05) is 33.7 Å². The number of carbonyl (C=O) groups is 1. The molecule has 21 heavy (non-hydrogen) atoms. The van der Waals surface area contributed by atoms with Crippen molar-refractivity contribution in [2.45, 2.75) is 39.8 Å². The Balaban J connectivity index is 3.09. The van der Waals surface area contributed by atoms with Gasteiger partial charge in [0.15, 0.2) is 0 Å². The first-order valence-corrected chi connectivity index (χ1v) is 8.20. The highest BCUT2D eigenvalue weighted by atomic mass is 79.9. The van der Waals surface area contributed by atoms with Crippen molar-refractivity contribution in [1.82, 2.24) is 19.6 Å². The monoisotopic (exact) mass is 358 g/mol. The van der Waals surface area contributed by atoms with E-state index in [-0.39, 0.29) is 5.78 Å². The lowest BCUT2D eigenvalue weighted by Crippen LogP contribution is -2.50. The molecule has 6 heteroatoms. The van der Waals surface area contributed by atoms with Crippen LogP contribution in [0.2, 0.25) is 0 Å². The van der Waals surface area contributed by atoms with E-state index in [4.69, 9.17) is 0 Å². The number of ketones is 1. The first-order valence-electron chi connectivity index (χ1n) is 7.41. The summed E-state index contributed by atoms with van der Waals surface area (Å²) in [5, 5.41) is 4.34.